The maximum absolute atomic E-state index is 11.9. The van der Waals surface area contributed by atoms with Gasteiger partial charge in [0.2, 0.25) is 11.8 Å². The predicted molar refractivity (Wildman–Crippen MR) is 76.0 cm³/mol. The Bertz CT molecular complexity index is 356. The average molecular weight is 290 g/mol. The number of nitrogens with zero attached hydrogens (tertiary/aromatic N) is 1. The van der Waals surface area contributed by atoms with Crippen molar-refractivity contribution >= 4 is 24.2 Å². The number of nitrogens with two attached hydrogens (primary N) is 1. The standard InChI is InChI=1S/C13H23N3O2.ClH/c1-16(2)11(17)9-4-3-5-10(8-9)15-12(18)13(14)6-7-13;/h9-10H,3-8,14H2,1-2H3,(H,15,18);1H. The Labute approximate surface area is 120 Å². The van der Waals surface area contributed by atoms with Crippen molar-refractivity contribution in [1.29, 1.82) is 0 Å². The van der Waals surface area contributed by atoms with Crippen molar-refractivity contribution in [3.8, 4) is 0 Å². The van der Waals surface area contributed by atoms with E-state index in [4.69, 9.17) is 5.73 Å². The molecule has 0 bridgehead atoms. The molecule has 0 aliphatic heterocycles. The van der Waals surface area contributed by atoms with Crippen LogP contribution in [0.3, 0.4) is 0 Å². The molecule has 19 heavy (non-hydrogen) atoms. The number of carbonyl (C=O) groups excluding carboxylic acids is 2. The first-order chi connectivity index (χ1) is 8.42. The van der Waals surface area contributed by atoms with E-state index in [1.165, 1.54) is 0 Å². The van der Waals surface area contributed by atoms with Crippen molar-refractivity contribution in [1.82, 2.24) is 10.2 Å². The van der Waals surface area contributed by atoms with E-state index in [0.717, 1.165) is 38.5 Å². The monoisotopic (exact) mass is 289 g/mol. The fourth-order valence-electron chi connectivity index (χ4n) is 2.60. The minimum absolute atomic E-state index is 0. The number of halogens is 1. The highest BCUT2D eigenvalue weighted by atomic mass is 35.5. The molecule has 110 valence electrons. The number of rotatable bonds is 3. The second kappa shape index (κ2) is 6.09. The van der Waals surface area contributed by atoms with Crippen molar-refractivity contribution in [2.45, 2.75) is 50.1 Å². The molecule has 0 spiro atoms. The largest absolute Gasteiger partial charge is 0.352 e. The van der Waals surface area contributed by atoms with Crippen LogP contribution in [0.4, 0.5) is 0 Å². The maximum Gasteiger partial charge on any atom is 0.240 e. The molecular formula is C13H24ClN3O2. The quantitative estimate of drug-likeness (QED) is 0.801. The summed E-state index contributed by atoms with van der Waals surface area (Å²) in [6.45, 7) is 0. The fourth-order valence-corrected chi connectivity index (χ4v) is 2.60. The van der Waals surface area contributed by atoms with Gasteiger partial charge in [-0.2, -0.15) is 0 Å². The summed E-state index contributed by atoms with van der Waals surface area (Å²) in [6, 6.07) is 0.112. The lowest BCUT2D eigenvalue weighted by Crippen LogP contribution is -2.49. The molecule has 0 heterocycles. The molecular weight excluding hydrogens is 266 g/mol. The van der Waals surface area contributed by atoms with Crippen LogP contribution in [0.1, 0.15) is 38.5 Å². The third kappa shape index (κ3) is 3.83. The predicted octanol–water partition coefficient (Wildman–Crippen LogP) is 0.663. The van der Waals surface area contributed by atoms with Crippen molar-refractivity contribution < 1.29 is 9.59 Å². The molecule has 3 N–H and O–H groups in total. The lowest BCUT2D eigenvalue weighted by atomic mass is 9.84. The molecule has 2 atom stereocenters. The molecule has 0 aromatic heterocycles. The molecule has 0 saturated heterocycles. The van der Waals surface area contributed by atoms with Crippen molar-refractivity contribution in [2.75, 3.05) is 14.1 Å². The molecule has 2 unspecified atom stereocenters. The topological polar surface area (TPSA) is 75.4 Å². The lowest BCUT2D eigenvalue weighted by Gasteiger charge is -2.31. The molecule has 2 amide bonds. The number of hydrogen-bond acceptors (Lipinski definition) is 3. The summed E-state index contributed by atoms with van der Waals surface area (Å²) < 4.78 is 0. The molecule has 0 radical (unpaired) electrons. The Morgan fingerprint density at radius 3 is 2.42 bits per heavy atom. The molecule has 2 fully saturated rings. The van der Waals surface area contributed by atoms with Crippen LogP contribution in [0.5, 0.6) is 0 Å². The minimum Gasteiger partial charge on any atom is -0.352 e. The van der Waals surface area contributed by atoms with Gasteiger partial charge in [-0.25, -0.2) is 0 Å². The summed E-state index contributed by atoms with van der Waals surface area (Å²) in [5, 5.41) is 3.01. The molecule has 5 nitrogen and oxygen atoms in total. The zero-order valence-corrected chi connectivity index (χ0v) is 12.5. The van der Waals surface area contributed by atoms with Crippen LogP contribution in [0.25, 0.3) is 0 Å². The van der Waals surface area contributed by atoms with Gasteiger partial charge in [0.25, 0.3) is 0 Å². The number of carbonyl (C=O) groups is 2. The Morgan fingerprint density at radius 2 is 1.89 bits per heavy atom. The van der Waals surface area contributed by atoms with Gasteiger partial charge in [0.05, 0.1) is 5.54 Å². The van der Waals surface area contributed by atoms with Crippen molar-refractivity contribution in [2.24, 2.45) is 11.7 Å². The van der Waals surface area contributed by atoms with Gasteiger partial charge < -0.3 is 16.0 Å². The van der Waals surface area contributed by atoms with E-state index in [1.807, 2.05) is 0 Å². The minimum atomic E-state index is -0.613. The molecule has 6 heteroatoms. The van der Waals surface area contributed by atoms with Crippen LogP contribution < -0.4 is 11.1 Å². The zero-order chi connectivity index (χ0) is 13.3. The Kier molecular flexibility index (Phi) is 5.21. The normalized spacial score (nSPS) is 27.9. The number of nitrogens with one attached hydrogen (secondary N) is 1. The first-order valence-corrected chi connectivity index (χ1v) is 6.73. The van der Waals surface area contributed by atoms with E-state index in [0.29, 0.717) is 0 Å². The van der Waals surface area contributed by atoms with Gasteiger partial charge in [-0.05, 0) is 32.1 Å². The maximum atomic E-state index is 11.9. The van der Waals surface area contributed by atoms with Gasteiger partial charge in [-0.1, -0.05) is 6.42 Å². The van der Waals surface area contributed by atoms with Gasteiger partial charge in [0.1, 0.15) is 0 Å². The molecule has 2 aliphatic carbocycles. The van der Waals surface area contributed by atoms with E-state index in [1.54, 1.807) is 19.0 Å². The first kappa shape index (κ1) is 16.2. The smallest absolute Gasteiger partial charge is 0.240 e. The number of hydrogen-bond donors (Lipinski definition) is 2. The highest BCUT2D eigenvalue weighted by Gasteiger charge is 2.46. The van der Waals surface area contributed by atoms with Crippen LogP contribution in [-0.2, 0) is 9.59 Å². The van der Waals surface area contributed by atoms with Crippen molar-refractivity contribution in [3.05, 3.63) is 0 Å². The van der Waals surface area contributed by atoms with Crippen molar-refractivity contribution in [3.63, 3.8) is 0 Å². The Morgan fingerprint density at radius 1 is 1.26 bits per heavy atom. The van der Waals surface area contributed by atoms with Crippen LogP contribution in [0.15, 0.2) is 0 Å². The van der Waals surface area contributed by atoms with E-state index in [-0.39, 0.29) is 36.2 Å². The van der Waals surface area contributed by atoms with Gasteiger partial charge >= 0.3 is 0 Å². The van der Waals surface area contributed by atoms with Crippen LogP contribution >= 0.6 is 12.4 Å². The second-order valence-electron chi connectivity index (χ2n) is 5.92. The Hall–Kier alpha value is -0.810. The van der Waals surface area contributed by atoms with E-state index < -0.39 is 5.54 Å². The van der Waals surface area contributed by atoms with E-state index in [2.05, 4.69) is 5.32 Å². The summed E-state index contributed by atoms with van der Waals surface area (Å²) in [4.78, 5) is 25.4. The molecule has 2 saturated carbocycles. The summed E-state index contributed by atoms with van der Waals surface area (Å²) in [5.41, 5.74) is 5.25. The molecule has 2 rings (SSSR count). The summed E-state index contributed by atoms with van der Waals surface area (Å²) in [5.74, 6) is 0.181. The summed E-state index contributed by atoms with van der Waals surface area (Å²) in [6.07, 6.45) is 5.19. The fraction of sp³-hybridized carbons (Fsp3) is 0.846. The van der Waals surface area contributed by atoms with E-state index in [9.17, 15) is 9.59 Å². The number of amides is 2. The van der Waals surface area contributed by atoms with Gasteiger partial charge in [-0.3, -0.25) is 9.59 Å². The molecule has 2 aliphatic rings. The third-order valence-corrected chi connectivity index (χ3v) is 4.04. The highest BCUT2D eigenvalue weighted by molar-refractivity contribution is 5.89. The van der Waals surface area contributed by atoms with E-state index >= 15 is 0 Å². The van der Waals surface area contributed by atoms with Gasteiger partial charge in [0.15, 0.2) is 0 Å². The third-order valence-electron chi connectivity index (χ3n) is 4.04. The summed E-state index contributed by atoms with van der Waals surface area (Å²) >= 11 is 0. The first-order valence-electron chi connectivity index (χ1n) is 6.73. The SMILES string of the molecule is CN(C)C(=O)C1CCCC(NC(=O)C2(N)CC2)C1.Cl. The van der Waals surface area contributed by atoms with Gasteiger partial charge in [0, 0.05) is 26.1 Å². The average Bonchev–Trinajstić information content (AvgIpc) is 3.08. The van der Waals surface area contributed by atoms with Crippen LogP contribution in [0, 0.1) is 5.92 Å². The Balaban J connectivity index is 0.00000180. The zero-order valence-electron chi connectivity index (χ0n) is 11.6. The highest BCUT2D eigenvalue weighted by Crippen LogP contribution is 2.33. The molecule has 0 aromatic carbocycles. The summed E-state index contributed by atoms with van der Waals surface area (Å²) in [7, 11) is 3.56. The lowest BCUT2D eigenvalue weighted by molar-refractivity contribution is -0.135. The van der Waals surface area contributed by atoms with Crippen LogP contribution in [0.2, 0.25) is 0 Å². The second-order valence-corrected chi connectivity index (χ2v) is 5.92. The van der Waals surface area contributed by atoms with Gasteiger partial charge in [-0.15, -0.1) is 12.4 Å². The van der Waals surface area contributed by atoms with Crippen LogP contribution in [-0.4, -0.2) is 42.4 Å². The molecule has 0 aromatic rings.